The van der Waals surface area contributed by atoms with E-state index in [4.69, 9.17) is 14.2 Å². The van der Waals surface area contributed by atoms with Gasteiger partial charge in [-0.2, -0.15) is 0 Å². The summed E-state index contributed by atoms with van der Waals surface area (Å²) in [6.45, 7) is 4.85. The first-order valence-electron chi connectivity index (χ1n) is 11.7. The number of anilines is 1. The van der Waals surface area contributed by atoms with Crippen molar-refractivity contribution in [3.05, 3.63) is 41.5 Å². The molecule has 0 aromatic heterocycles. The molecule has 7 nitrogen and oxygen atoms in total. The maximum atomic E-state index is 13.4. The number of esters is 1. The van der Waals surface area contributed by atoms with Gasteiger partial charge in [0.05, 0.1) is 31.1 Å². The van der Waals surface area contributed by atoms with Gasteiger partial charge in [0.25, 0.3) is 0 Å². The van der Waals surface area contributed by atoms with Crippen LogP contribution in [0.2, 0.25) is 0 Å². The summed E-state index contributed by atoms with van der Waals surface area (Å²) in [5.74, 6) is -1.69. The summed E-state index contributed by atoms with van der Waals surface area (Å²) in [6.07, 6.45) is 8.59. The molecule has 1 unspecified atom stereocenters. The van der Waals surface area contributed by atoms with Crippen molar-refractivity contribution in [3.63, 3.8) is 0 Å². The number of rotatable bonds is 11. The number of hydrogen-bond acceptors (Lipinski definition) is 6. The summed E-state index contributed by atoms with van der Waals surface area (Å²) in [5, 5.41) is -1.03. The standard InChI is InChI=1S/C24H35NO6S/c1-3-5-6-7-8-11-19-12-9-10-13-21(19)25-32(27,28)22-14-15-24(30-16-17-31-24)18-20(22)23(26)29-4-2/h9-10,12-13,18,22,25H,3-8,11,14-17H2,1-2H3. The normalized spacial score (nSPS) is 20.2. The summed E-state index contributed by atoms with van der Waals surface area (Å²) in [7, 11) is -3.89. The zero-order chi connectivity index (χ0) is 23.0. The van der Waals surface area contributed by atoms with Crippen molar-refractivity contribution in [2.45, 2.75) is 76.3 Å². The molecule has 1 atom stereocenters. The third-order valence-corrected chi connectivity index (χ3v) is 7.70. The molecule has 1 N–H and O–H groups in total. The van der Waals surface area contributed by atoms with Gasteiger partial charge in [-0.25, -0.2) is 13.2 Å². The zero-order valence-corrected chi connectivity index (χ0v) is 19.9. The van der Waals surface area contributed by atoms with Crippen LogP contribution in [0.5, 0.6) is 0 Å². The van der Waals surface area contributed by atoms with E-state index in [-0.39, 0.29) is 18.6 Å². The summed E-state index contributed by atoms with van der Waals surface area (Å²) < 4.78 is 46.1. The van der Waals surface area contributed by atoms with Crippen molar-refractivity contribution >= 4 is 21.7 Å². The van der Waals surface area contributed by atoms with Crippen molar-refractivity contribution < 1.29 is 27.4 Å². The van der Waals surface area contributed by atoms with Gasteiger partial charge < -0.3 is 14.2 Å². The van der Waals surface area contributed by atoms with E-state index in [1.807, 2.05) is 18.2 Å². The lowest BCUT2D eigenvalue weighted by atomic mass is 9.94. The molecule has 2 aliphatic rings. The summed E-state index contributed by atoms with van der Waals surface area (Å²) in [6, 6.07) is 7.47. The second-order valence-corrected chi connectivity index (χ2v) is 10.2. The number of nitrogens with one attached hydrogen (secondary N) is 1. The molecule has 8 heteroatoms. The molecular formula is C24H35NO6S. The number of carbonyl (C=O) groups excluding carboxylic acids is 1. The second-order valence-electron chi connectivity index (χ2n) is 8.32. The molecular weight excluding hydrogens is 430 g/mol. The second kappa shape index (κ2) is 11.3. The monoisotopic (exact) mass is 465 g/mol. The number of hydrogen-bond donors (Lipinski definition) is 1. The molecule has 1 spiro atoms. The predicted octanol–water partition coefficient (Wildman–Crippen LogP) is 4.34. The molecule has 1 aliphatic heterocycles. The van der Waals surface area contributed by atoms with Gasteiger partial charge in [-0.3, -0.25) is 4.72 Å². The molecule has 0 saturated carbocycles. The van der Waals surface area contributed by atoms with Gasteiger partial charge >= 0.3 is 5.97 Å². The Balaban J connectivity index is 1.79. The van der Waals surface area contributed by atoms with Crippen LogP contribution in [0.4, 0.5) is 5.69 Å². The number of benzene rings is 1. The largest absolute Gasteiger partial charge is 0.463 e. The minimum atomic E-state index is -3.89. The molecule has 0 bridgehead atoms. The lowest BCUT2D eigenvalue weighted by Gasteiger charge is -2.33. The Hall–Kier alpha value is -1.90. The molecule has 1 saturated heterocycles. The van der Waals surface area contributed by atoms with E-state index in [0.717, 1.165) is 24.8 Å². The van der Waals surface area contributed by atoms with E-state index in [2.05, 4.69) is 11.6 Å². The van der Waals surface area contributed by atoms with E-state index < -0.39 is 27.0 Å². The van der Waals surface area contributed by atoms with Gasteiger partial charge in [-0.15, -0.1) is 0 Å². The fourth-order valence-corrected chi connectivity index (χ4v) is 5.87. The van der Waals surface area contributed by atoms with E-state index in [1.54, 1.807) is 13.0 Å². The smallest absolute Gasteiger partial charge is 0.335 e. The average Bonchev–Trinajstić information content (AvgIpc) is 3.22. The van der Waals surface area contributed by atoms with Crippen LogP contribution in [-0.2, 0) is 35.4 Å². The van der Waals surface area contributed by atoms with Crippen LogP contribution < -0.4 is 4.72 Å². The van der Waals surface area contributed by atoms with Crippen LogP contribution in [0.1, 0.15) is 64.4 Å². The Bertz CT molecular complexity index is 905. The van der Waals surface area contributed by atoms with Crippen LogP contribution >= 0.6 is 0 Å². The highest BCUT2D eigenvalue weighted by molar-refractivity contribution is 7.93. The van der Waals surface area contributed by atoms with E-state index >= 15 is 0 Å². The fourth-order valence-electron chi connectivity index (χ4n) is 4.30. The molecule has 3 rings (SSSR count). The van der Waals surface area contributed by atoms with Crippen LogP contribution in [0.3, 0.4) is 0 Å². The third-order valence-electron chi connectivity index (χ3n) is 5.96. The topological polar surface area (TPSA) is 90.9 Å². The van der Waals surface area contributed by atoms with E-state index in [9.17, 15) is 13.2 Å². The number of aryl methyl sites for hydroxylation is 1. The SMILES string of the molecule is CCCCCCCc1ccccc1NS(=O)(=O)C1CCC2(C=C1C(=O)OCC)OCCO2. The Morgan fingerprint density at radius 1 is 1.12 bits per heavy atom. The lowest BCUT2D eigenvalue weighted by Crippen LogP contribution is -2.42. The maximum absolute atomic E-state index is 13.4. The van der Waals surface area contributed by atoms with Gasteiger partial charge in [-0.1, -0.05) is 50.8 Å². The van der Waals surface area contributed by atoms with E-state index in [1.165, 1.54) is 25.3 Å². The van der Waals surface area contributed by atoms with Crippen molar-refractivity contribution in [1.29, 1.82) is 0 Å². The van der Waals surface area contributed by atoms with Crippen molar-refractivity contribution in [2.75, 3.05) is 24.5 Å². The van der Waals surface area contributed by atoms with Crippen LogP contribution in [0.15, 0.2) is 35.9 Å². The quantitative estimate of drug-likeness (QED) is 0.386. The van der Waals surface area contributed by atoms with Gasteiger partial charge in [0.15, 0.2) is 5.79 Å². The predicted molar refractivity (Wildman–Crippen MR) is 124 cm³/mol. The van der Waals surface area contributed by atoms with Crippen LogP contribution in [-0.4, -0.2) is 45.2 Å². The fraction of sp³-hybridized carbons (Fsp3) is 0.625. The van der Waals surface area contributed by atoms with Crippen molar-refractivity contribution in [3.8, 4) is 0 Å². The molecule has 0 amide bonds. The minimum Gasteiger partial charge on any atom is -0.463 e. The summed E-state index contributed by atoms with van der Waals surface area (Å²) in [5.41, 5.74) is 1.60. The molecule has 1 aliphatic carbocycles. The first-order chi connectivity index (χ1) is 15.4. The summed E-state index contributed by atoms with van der Waals surface area (Å²) in [4.78, 5) is 12.6. The average molecular weight is 466 g/mol. The van der Waals surface area contributed by atoms with Crippen molar-refractivity contribution in [1.82, 2.24) is 0 Å². The van der Waals surface area contributed by atoms with Gasteiger partial charge in [0.1, 0.15) is 5.25 Å². The Morgan fingerprint density at radius 3 is 2.56 bits per heavy atom. The van der Waals surface area contributed by atoms with Gasteiger partial charge in [0.2, 0.25) is 10.0 Å². The number of para-hydroxylation sites is 1. The zero-order valence-electron chi connectivity index (χ0n) is 19.1. The Kier molecular flexibility index (Phi) is 8.73. The van der Waals surface area contributed by atoms with Crippen LogP contribution in [0, 0.1) is 0 Å². The maximum Gasteiger partial charge on any atom is 0.335 e. The third kappa shape index (κ3) is 6.11. The highest BCUT2D eigenvalue weighted by Gasteiger charge is 2.46. The summed E-state index contributed by atoms with van der Waals surface area (Å²) >= 11 is 0. The van der Waals surface area contributed by atoms with Crippen molar-refractivity contribution in [2.24, 2.45) is 0 Å². The molecule has 1 heterocycles. The molecule has 0 radical (unpaired) electrons. The molecule has 32 heavy (non-hydrogen) atoms. The number of unbranched alkanes of at least 4 members (excludes halogenated alkanes) is 4. The first-order valence-corrected chi connectivity index (χ1v) is 13.2. The Morgan fingerprint density at radius 2 is 1.84 bits per heavy atom. The lowest BCUT2D eigenvalue weighted by molar-refractivity contribution is -0.143. The highest BCUT2D eigenvalue weighted by Crippen LogP contribution is 2.37. The first kappa shape index (κ1) is 24.7. The number of ether oxygens (including phenoxy) is 3. The molecule has 1 fully saturated rings. The molecule has 178 valence electrons. The molecule has 1 aromatic carbocycles. The van der Waals surface area contributed by atoms with Gasteiger partial charge in [-0.05, 0) is 43.9 Å². The number of carbonyl (C=O) groups is 1. The van der Waals surface area contributed by atoms with Crippen LogP contribution in [0.25, 0.3) is 0 Å². The minimum absolute atomic E-state index is 0.0737. The Labute approximate surface area is 191 Å². The van der Waals surface area contributed by atoms with E-state index in [0.29, 0.717) is 25.3 Å². The van der Waals surface area contributed by atoms with Gasteiger partial charge in [0, 0.05) is 6.42 Å². The number of sulfonamides is 1. The molecule has 1 aromatic rings. The highest BCUT2D eigenvalue weighted by atomic mass is 32.2.